The summed E-state index contributed by atoms with van der Waals surface area (Å²) in [7, 11) is 0. The third-order valence-corrected chi connectivity index (χ3v) is 7.83. The van der Waals surface area contributed by atoms with Crippen LogP contribution >= 0.6 is 0 Å². The molecule has 3 aromatic carbocycles. The maximum absolute atomic E-state index is 13.7. The largest absolute Gasteiger partial charge is 0.586 e. The smallest absolute Gasteiger partial charge is 0.478 e. The molecule has 2 fully saturated rings. The molecule has 2 N–H and O–H groups in total. The molecule has 202 valence electrons. The Morgan fingerprint density at radius 2 is 1.64 bits per heavy atom. The second-order valence-corrected chi connectivity index (χ2v) is 10.5. The topological polar surface area (TPSA) is 94.1 Å². The lowest BCUT2D eigenvalue weighted by molar-refractivity contribution is -0.286. The number of fused-ring (bicyclic) bond motifs is 1. The number of hydrogen-bond donors (Lipinski definition) is 2. The van der Waals surface area contributed by atoms with E-state index < -0.39 is 17.7 Å². The van der Waals surface area contributed by atoms with Crippen LogP contribution in [0.4, 0.5) is 8.78 Å². The van der Waals surface area contributed by atoms with E-state index in [-0.39, 0.29) is 41.2 Å². The zero-order chi connectivity index (χ0) is 27.4. The zero-order valence-corrected chi connectivity index (χ0v) is 21.2. The quantitative estimate of drug-likeness (QED) is 0.413. The highest BCUT2D eigenvalue weighted by molar-refractivity contribution is 5.91. The molecule has 39 heavy (non-hydrogen) atoms. The Hall–Kier alpha value is -3.98. The summed E-state index contributed by atoms with van der Waals surface area (Å²) in [6.07, 6.45) is -2.10. The molecule has 9 heteroatoms. The number of benzene rings is 3. The summed E-state index contributed by atoms with van der Waals surface area (Å²) in [5, 5.41) is 12.6. The Kier molecular flexibility index (Phi) is 6.06. The number of nitrogens with one attached hydrogen (secondary N) is 1. The van der Waals surface area contributed by atoms with E-state index in [0.717, 1.165) is 16.7 Å². The van der Waals surface area contributed by atoms with Gasteiger partial charge < -0.3 is 24.6 Å². The highest BCUT2D eigenvalue weighted by Crippen LogP contribution is 2.52. The van der Waals surface area contributed by atoms with Crippen LogP contribution < -0.4 is 14.8 Å². The molecule has 3 aromatic rings. The average molecular weight is 536 g/mol. The normalized spacial score (nSPS) is 24.1. The number of alkyl halides is 2. The average Bonchev–Trinajstić information content (AvgIpc) is 3.66. The van der Waals surface area contributed by atoms with Gasteiger partial charge in [-0.15, -0.1) is 8.78 Å². The summed E-state index contributed by atoms with van der Waals surface area (Å²) in [6, 6.07) is 19.0. The predicted molar refractivity (Wildman–Crippen MR) is 136 cm³/mol. The molecule has 0 unspecified atom stereocenters. The van der Waals surface area contributed by atoms with Crippen molar-refractivity contribution in [1.29, 1.82) is 0 Å². The monoisotopic (exact) mass is 535 g/mol. The van der Waals surface area contributed by atoms with E-state index >= 15 is 0 Å². The van der Waals surface area contributed by atoms with Crippen LogP contribution in [-0.4, -0.2) is 29.3 Å². The molecule has 6 rings (SSSR count). The lowest BCUT2D eigenvalue weighted by Crippen LogP contribution is -2.45. The maximum Gasteiger partial charge on any atom is 0.586 e. The van der Waals surface area contributed by atoms with E-state index in [0.29, 0.717) is 31.2 Å². The molecule has 0 radical (unpaired) electrons. The van der Waals surface area contributed by atoms with E-state index in [1.54, 1.807) is 24.3 Å². The van der Waals surface area contributed by atoms with Crippen LogP contribution in [0.3, 0.4) is 0 Å². The molecule has 2 heterocycles. The molecule has 1 amide bonds. The number of aromatic carboxylic acids is 1. The summed E-state index contributed by atoms with van der Waals surface area (Å²) >= 11 is 0. The highest BCUT2D eigenvalue weighted by atomic mass is 19.3. The predicted octanol–water partition coefficient (Wildman–Crippen LogP) is 5.82. The number of hydrogen-bond acceptors (Lipinski definition) is 5. The van der Waals surface area contributed by atoms with Crippen molar-refractivity contribution < 1.29 is 37.7 Å². The van der Waals surface area contributed by atoms with Gasteiger partial charge in [-0.05, 0) is 79.1 Å². The van der Waals surface area contributed by atoms with E-state index in [2.05, 4.69) is 14.8 Å². The number of carboxylic acids is 1. The minimum Gasteiger partial charge on any atom is -0.478 e. The van der Waals surface area contributed by atoms with Crippen molar-refractivity contribution in [2.45, 2.75) is 62.6 Å². The van der Waals surface area contributed by atoms with Gasteiger partial charge in [0.15, 0.2) is 11.5 Å². The van der Waals surface area contributed by atoms with Crippen LogP contribution in [-0.2, 0) is 14.9 Å². The van der Waals surface area contributed by atoms with E-state index in [1.165, 1.54) is 12.1 Å². The number of carbonyl (C=O) groups excluding carboxylic acids is 1. The zero-order valence-electron chi connectivity index (χ0n) is 21.2. The fourth-order valence-electron chi connectivity index (χ4n) is 5.63. The number of rotatable bonds is 6. The maximum atomic E-state index is 13.7. The van der Waals surface area contributed by atoms with Crippen LogP contribution in [0.25, 0.3) is 0 Å². The van der Waals surface area contributed by atoms with Gasteiger partial charge in [0, 0.05) is 6.04 Å². The second kappa shape index (κ2) is 9.34. The number of halogens is 2. The van der Waals surface area contributed by atoms with Crippen LogP contribution in [0, 0.1) is 6.92 Å². The molecule has 3 aliphatic rings. The third kappa shape index (κ3) is 4.83. The van der Waals surface area contributed by atoms with Gasteiger partial charge in [-0.25, -0.2) is 4.79 Å². The summed E-state index contributed by atoms with van der Waals surface area (Å²) in [5.41, 5.74) is 2.66. The van der Waals surface area contributed by atoms with Crippen molar-refractivity contribution >= 4 is 11.9 Å². The SMILES string of the molecule is Cc1cc(C(=O)O)ccc1[C@H]1C[C@@H](NC(=O)C2(c3ccc4c(c3)OC(F)(F)O4)CC2)C[C@@H](c2ccccc2)O1. The minimum absolute atomic E-state index is 0.0535. The molecule has 1 aliphatic carbocycles. The number of amides is 1. The van der Waals surface area contributed by atoms with E-state index in [9.17, 15) is 23.5 Å². The molecule has 3 atom stereocenters. The van der Waals surface area contributed by atoms with Gasteiger partial charge >= 0.3 is 12.3 Å². The lowest BCUT2D eigenvalue weighted by atomic mass is 9.88. The molecule has 0 bridgehead atoms. The van der Waals surface area contributed by atoms with Crippen LogP contribution in [0.2, 0.25) is 0 Å². The molecular formula is C30H27F2NO6. The van der Waals surface area contributed by atoms with Gasteiger partial charge in [0.2, 0.25) is 5.91 Å². The Morgan fingerprint density at radius 3 is 2.33 bits per heavy atom. The van der Waals surface area contributed by atoms with Gasteiger partial charge in [0.05, 0.1) is 23.2 Å². The van der Waals surface area contributed by atoms with Gasteiger partial charge in [-0.2, -0.15) is 0 Å². The number of ether oxygens (including phenoxy) is 3. The molecule has 7 nitrogen and oxygen atoms in total. The number of carbonyl (C=O) groups is 2. The minimum atomic E-state index is -3.72. The summed E-state index contributed by atoms with van der Waals surface area (Å²) in [4.78, 5) is 25.1. The van der Waals surface area contributed by atoms with Crippen LogP contribution in [0.5, 0.6) is 11.5 Å². The fraction of sp³-hybridized carbons (Fsp3) is 0.333. The number of carboxylic acid groups (broad SMARTS) is 1. The van der Waals surface area contributed by atoms with Crippen molar-refractivity contribution in [2.75, 3.05) is 0 Å². The van der Waals surface area contributed by atoms with Gasteiger partial charge in [-0.1, -0.05) is 42.5 Å². The molecular weight excluding hydrogens is 508 g/mol. The van der Waals surface area contributed by atoms with Crippen molar-refractivity contribution in [3.8, 4) is 11.5 Å². The summed E-state index contributed by atoms with van der Waals surface area (Å²) in [5.74, 6) is -1.29. The summed E-state index contributed by atoms with van der Waals surface area (Å²) in [6.45, 7) is 1.85. The Balaban J connectivity index is 1.25. The van der Waals surface area contributed by atoms with Crippen molar-refractivity contribution in [3.63, 3.8) is 0 Å². The Bertz CT molecular complexity index is 1440. The first-order valence-electron chi connectivity index (χ1n) is 12.9. The van der Waals surface area contributed by atoms with Gasteiger partial charge in [0.1, 0.15) is 0 Å². The first-order chi connectivity index (χ1) is 18.6. The van der Waals surface area contributed by atoms with Crippen molar-refractivity contribution in [2.24, 2.45) is 0 Å². The van der Waals surface area contributed by atoms with Crippen LogP contribution in [0.15, 0.2) is 66.7 Å². The van der Waals surface area contributed by atoms with Crippen molar-refractivity contribution in [1.82, 2.24) is 5.32 Å². The molecule has 2 aliphatic heterocycles. The molecule has 1 saturated carbocycles. The number of aryl methyl sites for hydroxylation is 1. The fourth-order valence-corrected chi connectivity index (χ4v) is 5.63. The first-order valence-corrected chi connectivity index (χ1v) is 12.9. The molecule has 1 saturated heterocycles. The lowest BCUT2D eigenvalue weighted by Gasteiger charge is -2.37. The van der Waals surface area contributed by atoms with E-state index in [4.69, 9.17) is 4.74 Å². The third-order valence-electron chi connectivity index (χ3n) is 7.83. The standard InChI is InChI=1S/C30H27F2NO6/c1-17-13-19(27(34)35)7-9-22(17)25-16-21(15-24(37-25)18-5-3-2-4-6-18)33-28(36)29(11-12-29)20-8-10-23-26(14-20)39-30(31,32)38-23/h2-10,13-14,21,24-25H,11-12,15-16H2,1H3,(H,33,36)(H,34,35)/t21-,24-,25+/m0/s1. The summed E-state index contributed by atoms with van der Waals surface area (Å²) < 4.78 is 42.7. The van der Waals surface area contributed by atoms with Crippen molar-refractivity contribution in [3.05, 3.63) is 94.5 Å². The highest BCUT2D eigenvalue weighted by Gasteiger charge is 2.53. The van der Waals surface area contributed by atoms with E-state index in [1.807, 2.05) is 37.3 Å². The Labute approximate surface area is 223 Å². The van der Waals surface area contributed by atoms with Crippen LogP contribution in [0.1, 0.15) is 70.5 Å². The Morgan fingerprint density at radius 1 is 0.923 bits per heavy atom. The van der Waals surface area contributed by atoms with Gasteiger partial charge in [-0.3, -0.25) is 4.79 Å². The van der Waals surface area contributed by atoms with Gasteiger partial charge in [0.25, 0.3) is 0 Å². The molecule has 0 aromatic heterocycles. The molecule has 0 spiro atoms. The first kappa shape index (κ1) is 25.3. The second-order valence-electron chi connectivity index (χ2n) is 10.5.